The maximum atomic E-state index is 11.3. The van der Waals surface area contributed by atoms with Crippen LogP contribution in [0.5, 0.6) is 11.5 Å². The molecule has 0 spiro atoms. The van der Waals surface area contributed by atoms with Gasteiger partial charge in [0.25, 0.3) is 0 Å². The molecule has 3 rings (SSSR count). The topological polar surface area (TPSA) is 71.4 Å². The number of amidine groups is 1. The number of fused-ring (bicyclic) bond motifs is 1. The number of carboxylic acid groups (broad SMARTS) is 1. The van der Waals surface area contributed by atoms with Gasteiger partial charge in [-0.15, -0.1) is 0 Å². The summed E-state index contributed by atoms with van der Waals surface area (Å²) in [5.74, 6) is 0.699. The molecule has 1 N–H and O–H groups in total. The van der Waals surface area contributed by atoms with Crippen molar-refractivity contribution in [3.8, 4) is 11.5 Å². The van der Waals surface area contributed by atoms with Crippen molar-refractivity contribution in [3.05, 3.63) is 52.6 Å². The summed E-state index contributed by atoms with van der Waals surface area (Å²) in [5.41, 5.74) is 4.82. The summed E-state index contributed by atoms with van der Waals surface area (Å²) in [6, 6.07) is 9.09. The molecule has 1 aliphatic rings. The maximum Gasteiger partial charge on any atom is 0.339 e. The molecule has 0 radical (unpaired) electrons. The van der Waals surface area contributed by atoms with E-state index in [2.05, 4.69) is 37.8 Å². The zero-order chi connectivity index (χ0) is 20.3. The first kappa shape index (κ1) is 19.7. The van der Waals surface area contributed by atoms with Crippen LogP contribution in [0.15, 0.2) is 35.3 Å². The number of benzene rings is 2. The summed E-state index contributed by atoms with van der Waals surface area (Å²) >= 11 is 0. The van der Waals surface area contributed by atoms with Gasteiger partial charge in [0.1, 0.15) is 29.5 Å². The second-order valence-electron chi connectivity index (χ2n) is 6.79. The van der Waals surface area contributed by atoms with Crippen LogP contribution in [0, 0.1) is 13.8 Å². The Morgan fingerprint density at radius 2 is 1.89 bits per heavy atom. The number of aromatic carboxylic acids is 1. The monoisotopic (exact) mass is 382 g/mol. The molecule has 148 valence electrons. The van der Waals surface area contributed by atoms with Gasteiger partial charge in [0.15, 0.2) is 0 Å². The second-order valence-corrected chi connectivity index (χ2v) is 6.79. The molecule has 28 heavy (non-hydrogen) atoms. The van der Waals surface area contributed by atoms with Crippen LogP contribution in [0.25, 0.3) is 0 Å². The van der Waals surface area contributed by atoms with Crippen molar-refractivity contribution in [2.24, 2.45) is 4.99 Å². The molecule has 0 unspecified atom stereocenters. The van der Waals surface area contributed by atoms with Crippen LogP contribution in [0.2, 0.25) is 0 Å². The molecule has 1 heterocycles. The molecule has 0 bridgehead atoms. The number of carbonyl (C=O) groups is 1. The molecule has 6 nitrogen and oxygen atoms in total. The highest BCUT2D eigenvalue weighted by molar-refractivity contribution is 5.91. The summed E-state index contributed by atoms with van der Waals surface area (Å²) in [4.78, 5) is 18.3. The van der Waals surface area contributed by atoms with Gasteiger partial charge in [0, 0.05) is 19.2 Å². The van der Waals surface area contributed by atoms with Crippen molar-refractivity contribution < 1.29 is 19.4 Å². The van der Waals surface area contributed by atoms with E-state index < -0.39 is 5.97 Å². The Balaban J connectivity index is 1.82. The number of hydrogen-bond acceptors (Lipinski definition) is 5. The lowest BCUT2D eigenvalue weighted by Gasteiger charge is -2.30. The fourth-order valence-electron chi connectivity index (χ4n) is 3.21. The van der Waals surface area contributed by atoms with Gasteiger partial charge < -0.3 is 19.5 Å². The molecular weight excluding hydrogens is 356 g/mol. The van der Waals surface area contributed by atoms with Crippen LogP contribution in [0.4, 0.5) is 5.69 Å². The van der Waals surface area contributed by atoms with E-state index in [1.807, 2.05) is 6.92 Å². The van der Waals surface area contributed by atoms with Gasteiger partial charge >= 0.3 is 5.97 Å². The van der Waals surface area contributed by atoms with Gasteiger partial charge in [-0.05, 0) is 62.6 Å². The minimum Gasteiger partial charge on any atom is -0.493 e. The number of nitrogens with zero attached hydrogens (tertiary/aromatic N) is 2. The first-order chi connectivity index (χ1) is 13.4. The highest BCUT2D eigenvalue weighted by Gasteiger charge is 2.20. The van der Waals surface area contributed by atoms with Crippen LogP contribution >= 0.6 is 0 Å². The molecule has 0 atom stereocenters. The van der Waals surface area contributed by atoms with Gasteiger partial charge in [-0.2, -0.15) is 0 Å². The highest BCUT2D eigenvalue weighted by Crippen LogP contribution is 2.30. The van der Waals surface area contributed by atoms with Crippen LogP contribution in [0.1, 0.15) is 40.9 Å². The van der Waals surface area contributed by atoms with Crippen molar-refractivity contribution in [2.75, 3.05) is 19.8 Å². The number of hydrogen-bond donors (Lipinski definition) is 1. The number of aliphatic imine (C=N–C) groups is 1. The van der Waals surface area contributed by atoms with E-state index in [1.165, 1.54) is 22.8 Å². The first-order valence-corrected chi connectivity index (χ1v) is 9.48. The Labute approximate surface area is 165 Å². The molecule has 0 saturated carbocycles. The molecule has 0 amide bonds. The fourth-order valence-corrected chi connectivity index (χ4v) is 3.21. The molecule has 2 aromatic rings. The lowest BCUT2D eigenvalue weighted by molar-refractivity contribution is 0.0692. The van der Waals surface area contributed by atoms with Crippen LogP contribution < -0.4 is 9.47 Å². The molecule has 6 heteroatoms. The predicted octanol–water partition coefficient (Wildman–Crippen LogP) is 4.34. The van der Waals surface area contributed by atoms with E-state index in [4.69, 9.17) is 14.5 Å². The molecule has 2 aromatic carbocycles. The van der Waals surface area contributed by atoms with E-state index >= 15 is 0 Å². The average Bonchev–Trinajstić information content (AvgIpc) is 2.67. The maximum absolute atomic E-state index is 11.3. The van der Waals surface area contributed by atoms with Crippen molar-refractivity contribution in [2.45, 2.75) is 34.2 Å². The Bertz CT molecular complexity index is 921. The van der Waals surface area contributed by atoms with Crippen LogP contribution in [-0.4, -0.2) is 41.6 Å². The normalized spacial score (nSPS) is 13.0. The van der Waals surface area contributed by atoms with Crippen molar-refractivity contribution in [1.82, 2.24) is 4.90 Å². The first-order valence-electron chi connectivity index (χ1n) is 9.48. The zero-order valence-corrected chi connectivity index (χ0v) is 16.8. The standard InChI is InChI=1S/C22H26N2O4/c1-5-24-12-16-9-14(3)15(4)10-19(16)23-21(24)13-28-17-7-8-18(22(25)26)20(11-17)27-6-2/h7-11H,5-6,12-13H2,1-4H3,(H,25,26). The molecular formula is C22H26N2O4. The van der Waals surface area contributed by atoms with Gasteiger partial charge in [-0.25, -0.2) is 9.79 Å². The predicted molar refractivity (Wildman–Crippen MR) is 109 cm³/mol. The quantitative estimate of drug-likeness (QED) is 0.771. The summed E-state index contributed by atoms with van der Waals surface area (Å²) in [5, 5.41) is 9.27. The minimum atomic E-state index is -1.02. The van der Waals surface area contributed by atoms with Gasteiger partial charge in [-0.3, -0.25) is 0 Å². The fraction of sp³-hybridized carbons (Fsp3) is 0.364. The van der Waals surface area contributed by atoms with E-state index in [0.29, 0.717) is 24.7 Å². The number of ether oxygens (including phenoxy) is 2. The Morgan fingerprint density at radius 3 is 2.57 bits per heavy atom. The minimum absolute atomic E-state index is 0.124. The Kier molecular flexibility index (Phi) is 5.87. The van der Waals surface area contributed by atoms with Crippen molar-refractivity contribution in [3.63, 3.8) is 0 Å². The third-order valence-corrected chi connectivity index (χ3v) is 4.90. The van der Waals surface area contributed by atoms with E-state index in [0.717, 1.165) is 24.6 Å². The number of likely N-dealkylation sites (N-methyl/N-ethyl adjacent to an activating group) is 1. The average molecular weight is 382 g/mol. The number of aryl methyl sites for hydroxylation is 2. The van der Waals surface area contributed by atoms with Gasteiger partial charge in [0.05, 0.1) is 12.3 Å². The van der Waals surface area contributed by atoms with Crippen molar-refractivity contribution in [1.29, 1.82) is 0 Å². The Hall–Kier alpha value is -3.02. The SMILES string of the molecule is CCOc1cc(OCC2=Nc3cc(C)c(C)cc3CN2CC)ccc1C(=O)O. The Morgan fingerprint density at radius 1 is 1.14 bits per heavy atom. The summed E-state index contributed by atoms with van der Waals surface area (Å²) in [6.07, 6.45) is 0. The largest absolute Gasteiger partial charge is 0.493 e. The molecule has 0 aliphatic carbocycles. The van der Waals surface area contributed by atoms with E-state index in [1.54, 1.807) is 12.1 Å². The van der Waals surface area contributed by atoms with Crippen LogP contribution in [-0.2, 0) is 6.54 Å². The summed E-state index contributed by atoms with van der Waals surface area (Å²) in [6.45, 7) is 10.4. The zero-order valence-electron chi connectivity index (χ0n) is 16.8. The van der Waals surface area contributed by atoms with Gasteiger partial charge in [0.2, 0.25) is 0 Å². The lowest BCUT2D eigenvalue weighted by atomic mass is 10.0. The third-order valence-electron chi connectivity index (χ3n) is 4.90. The molecule has 0 fully saturated rings. The number of rotatable bonds is 7. The van der Waals surface area contributed by atoms with Gasteiger partial charge in [-0.1, -0.05) is 6.07 Å². The lowest BCUT2D eigenvalue weighted by Crippen LogP contribution is -2.36. The second kappa shape index (κ2) is 8.33. The van der Waals surface area contributed by atoms with E-state index in [9.17, 15) is 9.90 Å². The van der Waals surface area contributed by atoms with Crippen LogP contribution in [0.3, 0.4) is 0 Å². The molecule has 0 aromatic heterocycles. The van der Waals surface area contributed by atoms with E-state index in [-0.39, 0.29) is 5.56 Å². The third kappa shape index (κ3) is 4.11. The number of carboxylic acids is 1. The summed E-state index contributed by atoms with van der Waals surface area (Å²) in [7, 11) is 0. The van der Waals surface area contributed by atoms with Crippen molar-refractivity contribution >= 4 is 17.5 Å². The molecule has 0 saturated heterocycles. The summed E-state index contributed by atoms with van der Waals surface area (Å²) < 4.78 is 11.4. The highest BCUT2D eigenvalue weighted by atomic mass is 16.5. The smallest absolute Gasteiger partial charge is 0.339 e. The molecule has 1 aliphatic heterocycles.